The third kappa shape index (κ3) is 5.27. The fraction of sp³-hybridized carbons (Fsp3) is 0.0909. The lowest BCUT2D eigenvalue weighted by atomic mass is 9.92. The number of nitrogens with zero attached hydrogens (tertiary/aromatic N) is 3. The summed E-state index contributed by atoms with van der Waals surface area (Å²) in [6.45, 7) is 4.52. The van der Waals surface area contributed by atoms with Crippen LogP contribution < -0.4 is 25.5 Å². The average molecular weight is 446 g/mol. The number of nitrogens with one attached hydrogen (secondary N) is 3. The number of fused-ring (bicyclic) bond motifs is 1. The lowest BCUT2D eigenvalue weighted by Crippen LogP contribution is -2.36. The van der Waals surface area contributed by atoms with Crippen molar-refractivity contribution in [2.24, 2.45) is 0 Å². The highest BCUT2D eigenvalue weighted by Gasteiger charge is 2.19. The van der Waals surface area contributed by atoms with Gasteiger partial charge in [0.05, 0.1) is 11.9 Å². The molecule has 0 bridgehead atoms. The summed E-state index contributed by atoms with van der Waals surface area (Å²) in [6.07, 6.45) is 3.06. The van der Waals surface area contributed by atoms with Crippen LogP contribution in [0.25, 0.3) is 0 Å². The highest BCUT2D eigenvalue weighted by Crippen LogP contribution is 2.34. The Balaban J connectivity index is 1.53. The first-order chi connectivity index (χ1) is 16.1. The maximum atomic E-state index is 14.4. The molecule has 11 heteroatoms. The van der Waals surface area contributed by atoms with E-state index in [1.807, 2.05) is 10.9 Å². The van der Waals surface area contributed by atoms with Gasteiger partial charge in [-0.05, 0) is 42.5 Å². The van der Waals surface area contributed by atoms with Crippen molar-refractivity contribution in [2.45, 2.75) is 0 Å². The fourth-order valence-electron chi connectivity index (χ4n) is 3.28. The van der Waals surface area contributed by atoms with Gasteiger partial charge in [-0.15, -0.1) is 0 Å². The monoisotopic (exact) mass is 446 g/mol. The number of carbonyl (C=O) groups is 2. The normalized spacial score (nSPS) is 12.1. The van der Waals surface area contributed by atoms with Crippen LogP contribution >= 0.6 is 0 Å². The van der Waals surface area contributed by atoms with Gasteiger partial charge in [-0.2, -0.15) is 4.98 Å². The predicted octanol–water partition coefficient (Wildman–Crippen LogP) is 2.97. The first-order valence-electron chi connectivity index (χ1n) is 10.1. The largest absolute Gasteiger partial charge is 0.490 e. The first-order valence-corrected chi connectivity index (χ1v) is 10.1. The fourth-order valence-corrected chi connectivity index (χ4v) is 3.28. The number of benzene rings is 2. The number of rotatable bonds is 8. The Hall–Kier alpha value is -4.41. The van der Waals surface area contributed by atoms with Gasteiger partial charge in [-0.3, -0.25) is 4.79 Å². The summed E-state index contributed by atoms with van der Waals surface area (Å²) < 4.78 is 20.0. The molecule has 0 spiro atoms. The Labute approximate surface area is 190 Å². The number of hydrogen-bond donors (Lipinski definition) is 3. The molecule has 1 aliphatic heterocycles. The van der Waals surface area contributed by atoms with Gasteiger partial charge in [0.1, 0.15) is 18.5 Å². The molecule has 33 heavy (non-hydrogen) atoms. The van der Waals surface area contributed by atoms with Crippen LogP contribution in [-0.4, -0.2) is 42.6 Å². The molecular formula is C22H20BFN6O3. The summed E-state index contributed by atoms with van der Waals surface area (Å²) in [4.78, 5) is 32.6. The summed E-state index contributed by atoms with van der Waals surface area (Å²) >= 11 is 0. The minimum Gasteiger partial charge on any atom is -0.490 e. The molecule has 0 atom stereocenters. The average Bonchev–Trinajstić information content (AvgIpc) is 2.82. The van der Waals surface area contributed by atoms with Crippen molar-refractivity contribution in [1.82, 2.24) is 9.97 Å². The van der Waals surface area contributed by atoms with Crippen molar-refractivity contribution < 1.29 is 18.7 Å². The van der Waals surface area contributed by atoms with Gasteiger partial charge >= 0.3 is 7.41 Å². The summed E-state index contributed by atoms with van der Waals surface area (Å²) in [5, 5.41) is 8.58. The van der Waals surface area contributed by atoms with E-state index in [0.29, 0.717) is 36.0 Å². The zero-order chi connectivity index (χ0) is 23.2. The molecular weight excluding hydrogens is 426 g/mol. The molecule has 1 amide bonds. The van der Waals surface area contributed by atoms with Crippen molar-refractivity contribution in [3.05, 3.63) is 67.1 Å². The van der Waals surface area contributed by atoms with Crippen molar-refractivity contribution in [3.63, 3.8) is 0 Å². The molecule has 0 saturated heterocycles. The van der Waals surface area contributed by atoms with E-state index < -0.39 is 5.82 Å². The number of aromatic nitrogens is 2. The van der Waals surface area contributed by atoms with E-state index >= 15 is 0 Å². The van der Waals surface area contributed by atoms with Crippen LogP contribution in [-0.2, 0) is 9.59 Å². The van der Waals surface area contributed by atoms with E-state index in [2.05, 4.69) is 32.5 Å². The number of hydrogen-bond acceptors (Lipinski definition) is 8. The predicted molar refractivity (Wildman–Crippen MR) is 127 cm³/mol. The van der Waals surface area contributed by atoms with E-state index in [4.69, 9.17) is 4.74 Å². The van der Waals surface area contributed by atoms with E-state index in [-0.39, 0.29) is 25.1 Å². The van der Waals surface area contributed by atoms with Crippen LogP contribution in [0.1, 0.15) is 0 Å². The second-order valence-electron chi connectivity index (χ2n) is 7.06. The number of amides is 1. The number of anilines is 6. The summed E-state index contributed by atoms with van der Waals surface area (Å²) in [7, 11) is 0.257. The Kier molecular flexibility index (Phi) is 6.49. The number of carbonyl (C=O) groups excluding carboxylic acids is 2. The van der Waals surface area contributed by atoms with Gasteiger partial charge in [-0.1, -0.05) is 12.6 Å². The van der Waals surface area contributed by atoms with E-state index in [1.165, 1.54) is 0 Å². The second kappa shape index (κ2) is 9.81. The minimum absolute atomic E-state index is 0.0384. The molecule has 9 nitrogen and oxygen atoms in total. The molecule has 4 rings (SSSR count). The maximum absolute atomic E-state index is 14.4. The smallest absolute Gasteiger partial charge is 0.310 e. The number of ether oxygens (including phenoxy) is 1. The van der Waals surface area contributed by atoms with Crippen LogP contribution in [0.4, 0.5) is 38.9 Å². The molecule has 0 aliphatic carbocycles. The van der Waals surface area contributed by atoms with Crippen molar-refractivity contribution >= 4 is 54.0 Å². The number of halogens is 1. The van der Waals surface area contributed by atoms with Gasteiger partial charge in [-0.25, -0.2) is 9.37 Å². The van der Waals surface area contributed by atoms with Gasteiger partial charge in [0, 0.05) is 23.6 Å². The Morgan fingerprint density at radius 1 is 1.18 bits per heavy atom. The van der Waals surface area contributed by atoms with Crippen molar-refractivity contribution in [1.29, 1.82) is 0 Å². The van der Waals surface area contributed by atoms with Crippen LogP contribution in [0.2, 0.25) is 0 Å². The Morgan fingerprint density at radius 3 is 2.82 bits per heavy atom. The van der Waals surface area contributed by atoms with E-state index in [1.54, 1.807) is 36.4 Å². The summed E-state index contributed by atoms with van der Waals surface area (Å²) in [5.74, 6) is -0.178. The summed E-state index contributed by atoms with van der Waals surface area (Å²) in [5.41, 5.74) is 2.48. The molecule has 0 radical (unpaired) electrons. The molecule has 0 unspecified atom stereocenters. The van der Waals surface area contributed by atoms with Gasteiger partial charge < -0.3 is 30.3 Å². The SMILES string of the molecule is C=CC(=O)Nc1cccc(Nc2nc(Nc3ccc4c(c3)N(BC=O)CCO4)ncc2F)c1. The van der Waals surface area contributed by atoms with Crippen LogP contribution in [0.5, 0.6) is 5.75 Å². The topological polar surface area (TPSA) is 108 Å². The second-order valence-corrected chi connectivity index (χ2v) is 7.06. The maximum Gasteiger partial charge on any atom is 0.310 e. The molecule has 0 fully saturated rings. The quantitative estimate of drug-likeness (QED) is 0.276. The first kappa shape index (κ1) is 21.8. The molecule has 3 N–H and O–H groups in total. The molecule has 3 aromatic rings. The molecule has 0 saturated carbocycles. The van der Waals surface area contributed by atoms with Crippen LogP contribution in [0, 0.1) is 5.82 Å². The zero-order valence-electron chi connectivity index (χ0n) is 17.5. The van der Waals surface area contributed by atoms with E-state index in [0.717, 1.165) is 24.1 Å². The molecule has 1 aliphatic rings. The third-order valence-corrected chi connectivity index (χ3v) is 4.79. The van der Waals surface area contributed by atoms with Crippen molar-refractivity contribution in [3.8, 4) is 5.75 Å². The Morgan fingerprint density at radius 2 is 2.00 bits per heavy atom. The zero-order valence-corrected chi connectivity index (χ0v) is 17.5. The van der Waals surface area contributed by atoms with Crippen molar-refractivity contribution in [2.75, 3.05) is 33.9 Å². The molecule has 2 aromatic carbocycles. The molecule has 2 heterocycles. The standard InChI is InChI=1S/C22H20BFN6O3/c1-2-20(32)26-14-4-3-5-15(10-14)27-21-17(24)12-25-22(29-21)28-16-6-7-19-18(11-16)30(23-13-31)8-9-33-19/h2-7,10-13,23H,1,8-9H2,(H,26,32)(H2,25,27,28,29). The highest BCUT2D eigenvalue weighted by atomic mass is 19.1. The third-order valence-electron chi connectivity index (χ3n) is 4.79. The molecule has 1 aromatic heterocycles. The minimum atomic E-state index is -0.642. The molecule has 166 valence electrons. The lowest BCUT2D eigenvalue weighted by molar-refractivity contribution is -0.111. The van der Waals surface area contributed by atoms with Gasteiger partial charge in [0.15, 0.2) is 11.6 Å². The lowest BCUT2D eigenvalue weighted by Gasteiger charge is -2.30. The van der Waals surface area contributed by atoms with Gasteiger partial charge in [0.2, 0.25) is 11.9 Å². The van der Waals surface area contributed by atoms with Crippen LogP contribution in [0.3, 0.4) is 0 Å². The van der Waals surface area contributed by atoms with Crippen LogP contribution in [0.15, 0.2) is 61.3 Å². The van der Waals surface area contributed by atoms with E-state index in [9.17, 15) is 14.0 Å². The van der Waals surface area contributed by atoms with Gasteiger partial charge in [0.25, 0.3) is 0 Å². The summed E-state index contributed by atoms with van der Waals surface area (Å²) in [6, 6.07) is 12.2. The Bertz CT molecular complexity index is 1210. The highest BCUT2D eigenvalue weighted by molar-refractivity contribution is 6.70.